The summed E-state index contributed by atoms with van der Waals surface area (Å²) in [4.78, 5) is 0. The van der Waals surface area contributed by atoms with Gasteiger partial charge in [0.15, 0.2) is 0 Å². The summed E-state index contributed by atoms with van der Waals surface area (Å²) < 4.78 is 2.14. The molecule has 0 aliphatic heterocycles. The van der Waals surface area contributed by atoms with Gasteiger partial charge >= 0.3 is 0 Å². The van der Waals surface area contributed by atoms with Crippen molar-refractivity contribution in [3.05, 3.63) is 51.4 Å². The van der Waals surface area contributed by atoms with Crippen LogP contribution in [0.1, 0.15) is 0 Å². The Labute approximate surface area is 118 Å². The van der Waals surface area contributed by atoms with Gasteiger partial charge in [0.25, 0.3) is 0 Å². The molecule has 0 fully saturated rings. The first kappa shape index (κ1) is 12.5. The van der Waals surface area contributed by atoms with Gasteiger partial charge in [-0.2, -0.15) is 0 Å². The normalized spacial score (nSPS) is 10.1. The number of halogens is 2. The Balaban J connectivity index is 2.26. The predicted octanol–water partition coefficient (Wildman–Crippen LogP) is 5.00. The van der Waals surface area contributed by atoms with E-state index in [1.165, 1.54) is 0 Å². The second-order valence-corrected chi connectivity index (χ2v) is 5.40. The third kappa shape index (κ3) is 3.23. The van der Waals surface area contributed by atoms with E-state index in [-0.39, 0.29) is 0 Å². The second kappa shape index (κ2) is 5.56. The Morgan fingerprint density at radius 1 is 0.824 bits per heavy atom. The minimum Gasteiger partial charge on any atom is -0.386 e. The van der Waals surface area contributed by atoms with Gasteiger partial charge in [0.1, 0.15) is 0 Å². The molecule has 4 heteroatoms. The van der Waals surface area contributed by atoms with Crippen LogP contribution in [0.3, 0.4) is 0 Å². The van der Waals surface area contributed by atoms with Crippen LogP contribution in [0.4, 0.5) is 17.1 Å². The minimum absolute atomic E-state index is 1.05. The molecule has 2 rings (SSSR count). The zero-order valence-corrected chi connectivity index (χ0v) is 12.5. The van der Waals surface area contributed by atoms with Crippen molar-refractivity contribution in [3.8, 4) is 0 Å². The van der Waals surface area contributed by atoms with Crippen molar-refractivity contribution < 1.29 is 0 Å². The molecule has 0 bridgehead atoms. The first-order valence-electron chi connectivity index (χ1n) is 5.19. The van der Waals surface area contributed by atoms with Crippen molar-refractivity contribution in [1.29, 1.82) is 0 Å². The molecule has 0 saturated heterocycles. The first-order valence-corrected chi connectivity index (χ1v) is 6.77. The maximum Gasteiger partial charge on any atom is 0.0620 e. The SMILES string of the molecule is CNc1cc(Br)ccc1Nc1ccc(Br)cc1. The fourth-order valence-corrected chi connectivity index (χ4v) is 2.15. The molecule has 0 heterocycles. The predicted molar refractivity (Wildman–Crippen MR) is 81.1 cm³/mol. The average molecular weight is 356 g/mol. The quantitative estimate of drug-likeness (QED) is 0.809. The molecule has 0 atom stereocenters. The highest BCUT2D eigenvalue weighted by molar-refractivity contribution is 9.10. The van der Waals surface area contributed by atoms with Gasteiger partial charge in [0, 0.05) is 21.7 Å². The van der Waals surface area contributed by atoms with Crippen LogP contribution in [0.15, 0.2) is 51.4 Å². The van der Waals surface area contributed by atoms with Crippen LogP contribution in [-0.4, -0.2) is 7.05 Å². The minimum atomic E-state index is 1.05. The van der Waals surface area contributed by atoms with E-state index in [9.17, 15) is 0 Å². The summed E-state index contributed by atoms with van der Waals surface area (Å²) in [5.41, 5.74) is 3.17. The summed E-state index contributed by atoms with van der Waals surface area (Å²) in [6.07, 6.45) is 0. The van der Waals surface area contributed by atoms with E-state index in [4.69, 9.17) is 0 Å². The smallest absolute Gasteiger partial charge is 0.0620 e. The van der Waals surface area contributed by atoms with Crippen molar-refractivity contribution >= 4 is 48.9 Å². The Bertz CT molecular complexity index is 509. The molecule has 0 spiro atoms. The lowest BCUT2D eigenvalue weighted by molar-refractivity contribution is 1.46. The molecule has 0 unspecified atom stereocenters. The zero-order chi connectivity index (χ0) is 12.3. The maximum atomic E-state index is 3.46. The van der Waals surface area contributed by atoms with E-state index in [2.05, 4.69) is 42.5 Å². The molecule has 2 N–H and O–H groups in total. The Morgan fingerprint density at radius 2 is 1.47 bits per heavy atom. The molecule has 88 valence electrons. The number of hydrogen-bond acceptors (Lipinski definition) is 2. The van der Waals surface area contributed by atoms with E-state index in [1.807, 2.05) is 49.5 Å². The molecule has 2 aromatic rings. The van der Waals surface area contributed by atoms with Crippen molar-refractivity contribution in [2.45, 2.75) is 0 Å². The number of hydrogen-bond donors (Lipinski definition) is 2. The summed E-state index contributed by atoms with van der Waals surface area (Å²) in [5.74, 6) is 0. The van der Waals surface area contributed by atoms with Gasteiger partial charge in [-0.1, -0.05) is 31.9 Å². The molecular weight excluding hydrogens is 344 g/mol. The lowest BCUT2D eigenvalue weighted by Crippen LogP contribution is -1.96. The topological polar surface area (TPSA) is 24.1 Å². The molecule has 0 aliphatic carbocycles. The Morgan fingerprint density at radius 3 is 2.12 bits per heavy atom. The van der Waals surface area contributed by atoms with E-state index in [0.717, 1.165) is 26.0 Å². The molecule has 0 radical (unpaired) electrons. The second-order valence-electron chi connectivity index (χ2n) is 3.57. The number of rotatable bonds is 3. The van der Waals surface area contributed by atoms with Crippen molar-refractivity contribution in [2.75, 3.05) is 17.7 Å². The molecule has 0 aromatic heterocycles. The molecule has 0 aliphatic rings. The first-order chi connectivity index (χ1) is 8.19. The van der Waals surface area contributed by atoms with Crippen LogP contribution in [0.25, 0.3) is 0 Å². The Kier molecular flexibility index (Phi) is 4.07. The van der Waals surface area contributed by atoms with Gasteiger partial charge < -0.3 is 10.6 Å². The Hall–Kier alpha value is -1.00. The van der Waals surface area contributed by atoms with Crippen LogP contribution < -0.4 is 10.6 Å². The zero-order valence-electron chi connectivity index (χ0n) is 9.30. The van der Waals surface area contributed by atoms with Crippen LogP contribution >= 0.6 is 31.9 Å². The largest absolute Gasteiger partial charge is 0.386 e. The van der Waals surface area contributed by atoms with Crippen LogP contribution in [-0.2, 0) is 0 Å². The highest BCUT2D eigenvalue weighted by Crippen LogP contribution is 2.28. The standard InChI is InChI=1S/C13H12Br2N2/c1-16-13-8-10(15)4-7-12(13)17-11-5-2-9(14)3-6-11/h2-8,16-17H,1H3. The van der Waals surface area contributed by atoms with Crippen LogP contribution in [0.5, 0.6) is 0 Å². The van der Waals surface area contributed by atoms with Crippen molar-refractivity contribution in [3.63, 3.8) is 0 Å². The summed E-state index contributed by atoms with van der Waals surface area (Å²) in [7, 11) is 1.91. The summed E-state index contributed by atoms with van der Waals surface area (Å²) in [6, 6.07) is 14.2. The van der Waals surface area contributed by atoms with E-state index in [1.54, 1.807) is 0 Å². The highest BCUT2D eigenvalue weighted by Gasteiger charge is 2.02. The summed E-state index contributed by atoms with van der Waals surface area (Å²) >= 11 is 6.88. The average Bonchev–Trinajstić information content (AvgIpc) is 2.34. The lowest BCUT2D eigenvalue weighted by atomic mass is 10.2. The van der Waals surface area contributed by atoms with Crippen molar-refractivity contribution in [1.82, 2.24) is 0 Å². The number of benzene rings is 2. The molecule has 2 nitrogen and oxygen atoms in total. The monoisotopic (exact) mass is 354 g/mol. The van der Waals surface area contributed by atoms with Gasteiger partial charge in [-0.05, 0) is 42.5 Å². The van der Waals surface area contributed by atoms with Gasteiger partial charge in [-0.25, -0.2) is 0 Å². The number of anilines is 3. The van der Waals surface area contributed by atoms with Crippen LogP contribution in [0, 0.1) is 0 Å². The van der Waals surface area contributed by atoms with E-state index < -0.39 is 0 Å². The maximum absolute atomic E-state index is 3.46. The van der Waals surface area contributed by atoms with Crippen LogP contribution in [0.2, 0.25) is 0 Å². The summed E-state index contributed by atoms with van der Waals surface area (Å²) in [6.45, 7) is 0. The van der Waals surface area contributed by atoms with Gasteiger partial charge in [0.05, 0.1) is 11.4 Å². The van der Waals surface area contributed by atoms with E-state index >= 15 is 0 Å². The fourth-order valence-electron chi connectivity index (χ4n) is 1.52. The molecule has 2 aromatic carbocycles. The summed E-state index contributed by atoms with van der Waals surface area (Å²) in [5, 5.41) is 6.54. The van der Waals surface area contributed by atoms with E-state index in [0.29, 0.717) is 0 Å². The molecule has 0 saturated carbocycles. The number of nitrogens with one attached hydrogen (secondary N) is 2. The molecular formula is C13H12Br2N2. The highest BCUT2D eigenvalue weighted by atomic mass is 79.9. The van der Waals surface area contributed by atoms with Gasteiger partial charge in [-0.3, -0.25) is 0 Å². The lowest BCUT2D eigenvalue weighted by Gasteiger charge is -2.12. The molecule has 0 amide bonds. The fraction of sp³-hybridized carbons (Fsp3) is 0.0769. The molecule has 17 heavy (non-hydrogen) atoms. The van der Waals surface area contributed by atoms with Crippen molar-refractivity contribution in [2.24, 2.45) is 0 Å². The third-order valence-electron chi connectivity index (χ3n) is 2.37. The van der Waals surface area contributed by atoms with Gasteiger partial charge in [-0.15, -0.1) is 0 Å². The van der Waals surface area contributed by atoms with Gasteiger partial charge in [0.2, 0.25) is 0 Å². The third-order valence-corrected chi connectivity index (χ3v) is 3.40.